The van der Waals surface area contributed by atoms with Crippen LogP contribution in [0.4, 0.5) is 0 Å². The average Bonchev–Trinajstić information content (AvgIpc) is 2.84. The smallest absolute Gasteiger partial charge is 0.122 e. The van der Waals surface area contributed by atoms with Gasteiger partial charge in [-0.2, -0.15) is 0 Å². The van der Waals surface area contributed by atoms with Gasteiger partial charge in [-0.25, -0.2) is 0 Å². The molecule has 1 heterocycles. The topological polar surface area (TPSA) is 21.3 Å². The average molecular weight is 259 g/mol. The second-order valence-electron chi connectivity index (χ2n) is 5.45. The van der Waals surface area contributed by atoms with E-state index in [2.05, 4.69) is 49.5 Å². The van der Waals surface area contributed by atoms with Gasteiger partial charge in [-0.05, 0) is 43.0 Å². The summed E-state index contributed by atoms with van der Waals surface area (Å²) in [6, 6.07) is 7.20. The molecule has 0 aromatic heterocycles. The van der Waals surface area contributed by atoms with Gasteiger partial charge in [-0.3, -0.25) is 0 Å². The number of rotatable bonds is 7. The first-order chi connectivity index (χ1) is 9.25. The van der Waals surface area contributed by atoms with E-state index in [9.17, 15) is 0 Å². The van der Waals surface area contributed by atoms with E-state index in [1.807, 2.05) is 0 Å². The summed E-state index contributed by atoms with van der Waals surface area (Å²) >= 11 is 0. The SMILES string of the molecule is CC(C)NCCC=CCCc1ccc2c(c1)CCO2. The molecule has 1 aliphatic heterocycles. The van der Waals surface area contributed by atoms with Crippen molar-refractivity contribution >= 4 is 0 Å². The zero-order chi connectivity index (χ0) is 13.5. The van der Waals surface area contributed by atoms with Gasteiger partial charge in [0.05, 0.1) is 6.61 Å². The molecule has 0 radical (unpaired) electrons. The van der Waals surface area contributed by atoms with Crippen LogP contribution in [0.2, 0.25) is 0 Å². The van der Waals surface area contributed by atoms with Crippen LogP contribution < -0.4 is 10.1 Å². The molecule has 0 fully saturated rings. The number of hydrogen-bond donors (Lipinski definition) is 1. The van der Waals surface area contributed by atoms with E-state index in [4.69, 9.17) is 4.74 Å². The molecular weight excluding hydrogens is 234 g/mol. The minimum Gasteiger partial charge on any atom is -0.493 e. The highest BCUT2D eigenvalue weighted by Crippen LogP contribution is 2.26. The van der Waals surface area contributed by atoms with E-state index in [0.29, 0.717) is 6.04 Å². The van der Waals surface area contributed by atoms with Gasteiger partial charge in [0.25, 0.3) is 0 Å². The van der Waals surface area contributed by atoms with Gasteiger partial charge in [-0.15, -0.1) is 0 Å². The highest BCUT2D eigenvalue weighted by Gasteiger charge is 2.11. The fraction of sp³-hybridized carbons (Fsp3) is 0.529. The molecule has 2 heteroatoms. The Bertz CT molecular complexity index is 423. The van der Waals surface area contributed by atoms with Gasteiger partial charge in [0, 0.05) is 12.5 Å². The molecule has 0 unspecified atom stereocenters. The third kappa shape index (κ3) is 4.71. The summed E-state index contributed by atoms with van der Waals surface area (Å²) in [5.41, 5.74) is 2.80. The summed E-state index contributed by atoms with van der Waals surface area (Å²) in [5, 5.41) is 3.42. The number of hydrogen-bond acceptors (Lipinski definition) is 2. The van der Waals surface area contributed by atoms with Crippen molar-refractivity contribution < 1.29 is 4.74 Å². The van der Waals surface area contributed by atoms with Crippen molar-refractivity contribution in [3.63, 3.8) is 0 Å². The van der Waals surface area contributed by atoms with E-state index < -0.39 is 0 Å². The Hall–Kier alpha value is -1.28. The Morgan fingerprint density at radius 1 is 1.26 bits per heavy atom. The molecule has 19 heavy (non-hydrogen) atoms. The van der Waals surface area contributed by atoms with Gasteiger partial charge >= 0.3 is 0 Å². The van der Waals surface area contributed by atoms with Crippen LogP contribution in [0.25, 0.3) is 0 Å². The monoisotopic (exact) mass is 259 g/mol. The lowest BCUT2D eigenvalue weighted by Gasteiger charge is -2.05. The first-order valence-electron chi connectivity index (χ1n) is 7.38. The van der Waals surface area contributed by atoms with Gasteiger partial charge < -0.3 is 10.1 Å². The molecule has 1 aromatic carbocycles. The number of nitrogens with one attached hydrogen (secondary N) is 1. The van der Waals surface area contributed by atoms with E-state index in [1.54, 1.807) is 0 Å². The fourth-order valence-electron chi connectivity index (χ4n) is 2.34. The third-order valence-corrected chi connectivity index (χ3v) is 3.38. The van der Waals surface area contributed by atoms with Gasteiger partial charge in [0.15, 0.2) is 0 Å². The van der Waals surface area contributed by atoms with Gasteiger partial charge in [0.2, 0.25) is 0 Å². The molecular formula is C17H25NO. The molecule has 0 bridgehead atoms. The lowest BCUT2D eigenvalue weighted by atomic mass is 10.0. The summed E-state index contributed by atoms with van der Waals surface area (Å²) in [7, 11) is 0. The van der Waals surface area contributed by atoms with Gasteiger partial charge in [0.1, 0.15) is 5.75 Å². The van der Waals surface area contributed by atoms with Crippen molar-refractivity contribution in [1.82, 2.24) is 5.32 Å². The van der Waals surface area contributed by atoms with Crippen LogP contribution in [0.15, 0.2) is 30.4 Å². The molecule has 1 N–H and O–H groups in total. The summed E-state index contributed by atoms with van der Waals surface area (Å²) in [6.07, 6.45) is 9.02. The van der Waals surface area contributed by atoms with Crippen molar-refractivity contribution in [2.24, 2.45) is 0 Å². The van der Waals surface area contributed by atoms with Crippen LogP contribution in [0.1, 0.15) is 37.8 Å². The van der Waals surface area contributed by atoms with Crippen molar-refractivity contribution in [2.45, 2.75) is 45.6 Å². The third-order valence-electron chi connectivity index (χ3n) is 3.38. The maximum atomic E-state index is 5.52. The fourth-order valence-corrected chi connectivity index (χ4v) is 2.34. The molecule has 0 spiro atoms. The van der Waals surface area contributed by atoms with Crippen LogP contribution >= 0.6 is 0 Å². The van der Waals surface area contributed by atoms with Crippen molar-refractivity contribution in [1.29, 1.82) is 0 Å². The predicted molar refractivity (Wildman–Crippen MR) is 80.9 cm³/mol. The van der Waals surface area contributed by atoms with Crippen molar-refractivity contribution in [3.8, 4) is 5.75 Å². The number of fused-ring (bicyclic) bond motifs is 1. The standard InChI is InChI=1S/C17H25NO/c1-14(2)18-11-6-4-3-5-7-15-8-9-17-16(13-15)10-12-19-17/h3-4,8-9,13-14,18H,5-7,10-12H2,1-2H3. The predicted octanol–water partition coefficient (Wildman–Crippen LogP) is 3.50. The lowest BCUT2D eigenvalue weighted by molar-refractivity contribution is 0.357. The largest absolute Gasteiger partial charge is 0.493 e. The van der Waals surface area contributed by atoms with Crippen molar-refractivity contribution in [3.05, 3.63) is 41.5 Å². The summed E-state index contributed by atoms with van der Waals surface area (Å²) in [6.45, 7) is 6.29. The second kappa shape index (κ2) is 7.34. The second-order valence-corrected chi connectivity index (χ2v) is 5.45. The Kier molecular flexibility index (Phi) is 5.46. The minimum absolute atomic E-state index is 0.585. The van der Waals surface area contributed by atoms with E-state index in [1.165, 1.54) is 11.1 Å². The number of ether oxygens (including phenoxy) is 1. The molecule has 2 rings (SSSR count). The van der Waals surface area contributed by atoms with Crippen LogP contribution in [-0.2, 0) is 12.8 Å². The molecule has 0 atom stereocenters. The lowest BCUT2D eigenvalue weighted by Crippen LogP contribution is -2.23. The number of benzene rings is 1. The van der Waals surface area contributed by atoms with E-state index >= 15 is 0 Å². The first-order valence-corrected chi connectivity index (χ1v) is 7.38. The molecule has 104 valence electrons. The van der Waals surface area contributed by atoms with Gasteiger partial charge in [-0.1, -0.05) is 38.1 Å². The Morgan fingerprint density at radius 3 is 2.95 bits per heavy atom. The van der Waals surface area contributed by atoms with E-state index in [-0.39, 0.29) is 0 Å². The molecule has 2 nitrogen and oxygen atoms in total. The molecule has 0 amide bonds. The molecule has 0 saturated carbocycles. The van der Waals surface area contributed by atoms with Crippen LogP contribution in [0, 0.1) is 0 Å². The van der Waals surface area contributed by atoms with Crippen LogP contribution in [-0.4, -0.2) is 19.2 Å². The van der Waals surface area contributed by atoms with Crippen LogP contribution in [0.5, 0.6) is 5.75 Å². The first kappa shape index (κ1) is 14.1. The quantitative estimate of drug-likeness (QED) is 0.598. The zero-order valence-electron chi connectivity index (χ0n) is 12.1. The Morgan fingerprint density at radius 2 is 2.11 bits per heavy atom. The number of aryl methyl sites for hydroxylation is 1. The van der Waals surface area contributed by atoms with E-state index in [0.717, 1.165) is 44.6 Å². The maximum absolute atomic E-state index is 5.52. The summed E-state index contributed by atoms with van der Waals surface area (Å²) < 4.78 is 5.52. The van der Waals surface area contributed by atoms with Crippen LogP contribution in [0.3, 0.4) is 0 Å². The minimum atomic E-state index is 0.585. The Balaban J connectivity index is 1.67. The highest BCUT2D eigenvalue weighted by molar-refractivity contribution is 5.39. The number of allylic oxidation sites excluding steroid dienone is 1. The maximum Gasteiger partial charge on any atom is 0.122 e. The molecule has 1 aliphatic rings. The van der Waals surface area contributed by atoms with Crippen molar-refractivity contribution in [2.75, 3.05) is 13.2 Å². The molecule has 1 aromatic rings. The Labute approximate surface area is 116 Å². The molecule has 0 saturated heterocycles. The highest BCUT2D eigenvalue weighted by atomic mass is 16.5. The normalized spacial score (nSPS) is 14.1. The zero-order valence-corrected chi connectivity index (χ0v) is 12.1. The summed E-state index contributed by atoms with van der Waals surface area (Å²) in [4.78, 5) is 0. The molecule has 0 aliphatic carbocycles. The summed E-state index contributed by atoms with van der Waals surface area (Å²) in [5.74, 6) is 1.08.